The average Bonchev–Trinajstić information content (AvgIpc) is 2.41. The molecule has 1 N–H and O–H groups in total. The highest BCUT2D eigenvalue weighted by molar-refractivity contribution is 6.25. The molecule has 0 radical (unpaired) electrons. The Morgan fingerprint density at radius 3 is 2.78 bits per heavy atom. The van der Waals surface area contributed by atoms with E-state index in [-0.39, 0.29) is 0 Å². The largest absolute Gasteiger partial charge is 0.489 e. The zero-order chi connectivity index (χ0) is 13.2. The van der Waals surface area contributed by atoms with Crippen LogP contribution in [0.25, 0.3) is 0 Å². The van der Waals surface area contributed by atoms with Crippen molar-refractivity contribution in [2.45, 2.75) is 32.7 Å². The van der Waals surface area contributed by atoms with Gasteiger partial charge in [0.2, 0.25) is 0 Å². The van der Waals surface area contributed by atoms with Gasteiger partial charge in [0.15, 0.2) is 0 Å². The summed E-state index contributed by atoms with van der Waals surface area (Å²) in [5, 5.41) is 3.54. The van der Waals surface area contributed by atoms with E-state index in [0.29, 0.717) is 12.6 Å². The maximum atomic E-state index is 5.73. The highest BCUT2D eigenvalue weighted by Crippen LogP contribution is 2.27. The van der Waals surface area contributed by atoms with Gasteiger partial charge in [-0.3, -0.25) is 0 Å². The fourth-order valence-electron chi connectivity index (χ4n) is 1.87. The van der Waals surface area contributed by atoms with Crippen LogP contribution in [0.15, 0.2) is 35.9 Å². The normalized spacial score (nSPS) is 12.8. The lowest BCUT2D eigenvalue weighted by molar-refractivity contribution is 0.351. The van der Waals surface area contributed by atoms with Gasteiger partial charge < -0.3 is 10.1 Å². The molecule has 0 fully saturated rings. The Balaban J connectivity index is 2.77. The van der Waals surface area contributed by atoms with E-state index in [0.717, 1.165) is 25.1 Å². The summed E-state index contributed by atoms with van der Waals surface area (Å²) >= 11 is 5.49. The third kappa shape index (κ3) is 4.71. The summed E-state index contributed by atoms with van der Waals surface area (Å²) in [5.74, 6) is 0.933. The van der Waals surface area contributed by atoms with Gasteiger partial charge in [-0.15, -0.1) is 0 Å². The molecule has 0 heterocycles. The zero-order valence-corrected chi connectivity index (χ0v) is 11.9. The molecule has 18 heavy (non-hydrogen) atoms. The molecule has 0 bridgehead atoms. The lowest BCUT2D eigenvalue weighted by Crippen LogP contribution is -2.22. The summed E-state index contributed by atoms with van der Waals surface area (Å²) in [6.07, 6.45) is 3.97. The number of benzene rings is 1. The minimum Gasteiger partial charge on any atom is -0.489 e. The first-order valence-corrected chi connectivity index (χ1v) is 6.97. The quantitative estimate of drug-likeness (QED) is 0.760. The highest BCUT2D eigenvalue weighted by atomic mass is 35.5. The molecule has 0 amide bonds. The number of hydrogen-bond donors (Lipinski definition) is 1. The van der Waals surface area contributed by atoms with Crippen LogP contribution < -0.4 is 10.1 Å². The zero-order valence-electron chi connectivity index (χ0n) is 11.2. The van der Waals surface area contributed by atoms with E-state index >= 15 is 0 Å². The predicted molar refractivity (Wildman–Crippen MR) is 78.3 cm³/mol. The van der Waals surface area contributed by atoms with Gasteiger partial charge in [-0.05, 0) is 31.5 Å². The third-order valence-electron chi connectivity index (χ3n) is 2.77. The van der Waals surface area contributed by atoms with Gasteiger partial charge in [-0.25, -0.2) is 0 Å². The number of nitrogens with one attached hydrogen (secondary N) is 1. The van der Waals surface area contributed by atoms with Crippen molar-refractivity contribution in [2.24, 2.45) is 0 Å². The first-order chi connectivity index (χ1) is 8.83. The monoisotopic (exact) mass is 267 g/mol. The first kappa shape index (κ1) is 15.1. The van der Waals surface area contributed by atoms with E-state index in [2.05, 4.69) is 31.3 Å². The molecule has 1 aromatic rings. The van der Waals surface area contributed by atoms with Crippen molar-refractivity contribution < 1.29 is 4.74 Å². The molecule has 1 aromatic carbocycles. The second-order valence-electron chi connectivity index (χ2n) is 4.13. The van der Waals surface area contributed by atoms with Crippen LogP contribution in [0.1, 0.15) is 38.3 Å². The standard InChI is InChI=1S/C15H22ClNO/c1-3-11-17-14(4-2)13-8-5-6-9-15(13)18-12-7-10-16/h5-10,14,17H,3-4,11-12H2,1-2H3/b10-7+. The molecule has 0 aliphatic rings. The van der Waals surface area contributed by atoms with Crippen molar-refractivity contribution in [2.75, 3.05) is 13.2 Å². The fourth-order valence-corrected chi connectivity index (χ4v) is 1.94. The van der Waals surface area contributed by atoms with Crippen molar-refractivity contribution in [3.63, 3.8) is 0 Å². The van der Waals surface area contributed by atoms with Gasteiger partial charge in [0.1, 0.15) is 12.4 Å². The second kappa shape index (κ2) is 9.01. The summed E-state index contributed by atoms with van der Waals surface area (Å²) in [7, 11) is 0. The van der Waals surface area contributed by atoms with Crippen LogP contribution in [0.4, 0.5) is 0 Å². The van der Waals surface area contributed by atoms with Gasteiger partial charge in [0.05, 0.1) is 0 Å². The Morgan fingerprint density at radius 2 is 2.11 bits per heavy atom. The smallest absolute Gasteiger partial charge is 0.124 e. The minimum atomic E-state index is 0.348. The van der Waals surface area contributed by atoms with Crippen LogP contribution in [-0.2, 0) is 0 Å². The molecular weight excluding hydrogens is 246 g/mol. The van der Waals surface area contributed by atoms with Gasteiger partial charge in [-0.1, -0.05) is 43.6 Å². The molecule has 2 nitrogen and oxygen atoms in total. The van der Waals surface area contributed by atoms with E-state index in [4.69, 9.17) is 16.3 Å². The molecule has 1 atom stereocenters. The van der Waals surface area contributed by atoms with Crippen molar-refractivity contribution in [3.05, 3.63) is 41.4 Å². The van der Waals surface area contributed by atoms with E-state index < -0.39 is 0 Å². The topological polar surface area (TPSA) is 21.3 Å². The lowest BCUT2D eigenvalue weighted by atomic mass is 10.0. The molecular formula is C15H22ClNO. The summed E-state index contributed by atoms with van der Waals surface area (Å²) in [6, 6.07) is 8.52. The predicted octanol–water partition coefficient (Wildman–Crippen LogP) is 4.27. The van der Waals surface area contributed by atoms with Crippen LogP contribution in [0.5, 0.6) is 5.75 Å². The molecule has 100 valence electrons. The molecule has 0 saturated carbocycles. The molecule has 0 aliphatic carbocycles. The van der Waals surface area contributed by atoms with E-state index in [9.17, 15) is 0 Å². The van der Waals surface area contributed by atoms with Gasteiger partial charge >= 0.3 is 0 Å². The Morgan fingerprint density at radius 1 is 1.33 bits per heavy atom. The first-order valence-electron chi connectivity index (χ1n) is 6.53. The van der Waals surface area contributed by atoms with Crippen LogP contribution in [0.3, 0.4) is 0 Å². The third-order valence-corrected chi connectivity index (χ3v) is 2.95. The average molecular weight is 268 g/mol. The van der Waals surface area contributed by atoms with Crippen molar-refractivity contribution in [3.8, 4) is 5.75 Å². The molecule has 3 heteroatoms. The van der Waals surface area contributed by atoms with Crippen LogP contribution in [0, 0.1) is 0 Å². The van der Waals surface area contributed by atoms with Gasteiger partial charge in [0, 0.05) is 17.1 Å². The number of para-hydroxylation sites is 1. The van der Waals surface area contributed by atoms with E-state index in [1.165, 1.54) is 11.1 Å². The molecule has 0 spiro atoms. The van der Waals surface area contributed by atoms with Gasteiger partial charge in [0.25, 0.3) is 0 Å². The fraction of sp³-hybridized carbons (Fsp3) is 0.467. The van der Waals surface area contributed by atoms with Crippen LogP contribution in [0.2, 0.25) is 0 Å². The Bertz CT molecular complexity index is 365. The summed E-state index contributed by atoms with van der Waals surface area (Å²) in [6.45, 7) is 5.88. The second-order valence-corrected chi connectivity index (χ2v) is 4.38. The highest BCUT2D eigenvalue weighted by Gasteiger charge is 2.12. The summed E-state index contributed by atoms with van der Waals surface area (Å²) < 4.78 is 5.73. The minimum absolute atomic E-state index is 0.348. The number of ether oxygens (including phenoxy) is 1. The van der Waals surface area contributed by atoms with Crippen molar-refractivity contribution >= 4 is 11.6 Å². The van der Waals surface area contributed by atoms with Crippen molar-refractivity contribution in [1.29, 1.82) is 0 Å². The van der Waals surface area contributed by atoms with Crippen LogP contribution >= 0.6 is 11.6 Å². The SMILES string of the molecule is CCCNC(CC)c1ccccc1OC/C=C/Cl. The number of rotatable bonds is 8. The summed E-state index contributed by atoms with van der Waals surface area (Å²) in [5.41, 5.74) is 2.70. The molecule has 1 rings (SSSR count). The molecule has 1 unspecified atom stereocenters. The van der Waals surface area contributed by atoms with E-state index in [1.807, 2.05) is 12.1 Å². The number of halogens is 1. The molecule has 0 aliphatic heterocycles. The summed E-state index contributed by atoms with van der Waals surface area (Å²) in [4.78, 5) is 0. The number of hydrogen-bond acceptors (Lipinski definition) is 2. The van der Waals surface area contributed by atoms with Crippen LogP contribution in [-0.4, -0.2) is 13.2 Å². The van der Waals surface area contributed by atoms with Crippen molar-refractivity contribution in [1.82, 2.24) is 5.32 Å². The maximum Gasteiger partial charge on any atom is 0.124 e. The Kier molecular flexibility index (Phi) is 7.54. The maximum absolute atomic E-state index is 5.73. The van der Waals surface area contributed by atoms with E-state index in [1.54, 1.807) is 6.08 Å². The Hall–Kier alpha value is -0.990. The lowest BCUT2D eigenvalue weighted by Gasteiger charge is -2.20. The Labute approximate surface area is 115 Å². The molecule has 0 aromatic heterocycles. The van der Waals surface area contributed by atoms with Gasteiger partial charge in [-0.2, -0.15) is 0 Å². The molecule has 0 saturated heterocycles.